The maximum absolute atomic E-state index is 13.9. The van der Waals surface area contributed by atoms with Crippen LogP contribution in [0.2, 0.25) is 0 Å². The van der Waals surface area contributed by atoms with Crippen molar-refractivity contribution in [2.75, 3.05) is 32.5 Å². The smallest absolute Gasteiger partial charge is 0.344 e. The summed E-state index contributed by atoms with van der Waals surface area (Å²) in [4.78, 5) is 25.7. The van der Waals surface area contributed by atoms with Crippen molar-refractivity contribution in [2.24, 2.45) is 0 Å². The third-order valence-corrected chi connectivity index (χ3v) is 4.74. The van der Waals surface area contributed by atoms with Crippen molar-refractivity contribution in [3.05, 3.63) is 40.7 Å². The number of halogens is 1. The van der Waals surface area contributed by atoms with Gasteiger partial charge >= 0.3 is 12.0 Å². The van der Waals surface area contributed by atoms with Gasteiger partial charge in [-0.2, -0.15) is 4.37 Å². The standard InChI is InChI=1S/C19H25FN4O4S/c1-12-6-7-13(14(20)10-12)11-28-16-15(18(25)26)17(29-23-16)22-19(27)21-8-4-5-9-24(2)3/h6-7,10H,4-5,8-9,11H2,1-3H3,(H,25,26)(H2,21,22,27). The van der Waals surface area contributed by atoms with Crippen LogP contribution in [0.5, 0.6) is 5.88 Å². The molecule has 0 saturated heterocycles. The number of unbranched alkanes of at least 4 members (excludes halogenated alkanes) is 1. The van der Waals surface area contributed by atoms with E-state index in [4.69, 9.17) is 4.74 Å². The number of carbonyl (C=O) groups is 2. The quantitative estimate of drug-likeness (QED) is 0.506. The molecular weight excluding hydrogens is 399 g/mol. The van der Waals surface area contributed by atoms with Gasteiger partial charge in [0.25, 0.3) is 0 Å². The van der Waals surface area contributed by atoms with Crippen molar-refractivity contribution in [2.45, 2.75) is 26.4 Å². The number of anilines is 1. The minimum atomic E-state index is -1.29. The Balaban J connectivity index is 1.95. The lowest BCUT2D eigenvalue weighted by Crippen LogP contribution is -2.30. The Kier molecular flexibility index (Phi) is 8.34. The number of benzene rings is 1. The van der Waals surface area contributed by atoms with Crippen LogP contribution in [0.25, 0.3) is 0 Å². The number of carbonyl (C=O) groups excluding carboxylic acids is 1. The first kappa shape index (κ1) is 22.6. The summed E-state index contributed by atoms with van der Waals surface area (Å²) < 4.78 is 23.3. The van der Waals surface area contributed by atoms with Crippen LogP contribution in [0.4, 0.5) is 14.2 Å². The zero-order valence-electron chi connectivity index (χ0n) is 16.6. The van der Waals surface area contributed by atoms with Crippen molar-refractivity contribution < 1.29 is 23.8 Å². The Hall–Kier alpha value is -2.72. The molecule has 0 saturated carbocycles. The average Bonchev–Trinajstić information content (AvgIpc) is 3.03. The molecule has 2 rings (SSSR count). The molecule has 0 unspecified atom stereocenters. The molecule has 0 fully saturated rings. The third kappa shape index (κ3) is 6.99. The second kappa shape index (κ2) is 10.7. The Bertz CT molecular complexity index is 857. The molecule has 1 heterocycles. The largest absolute Gasteiger partial charge is 0.477 e. The number of carboxylic acid groups (broad SMARTS) is 1. The molecular formula is C19H25FN4O4S. The van der Waals surface area contributed by atoms with E-state index in [-0.39, 0.29) is 28.6 Å². The van der Waals surface area contributed by atoms with Crippen molar-refractivity contribution in [3.63, 3.8) is 0 Å². The first-order valence-corrected chi connectivity index (χ1v) is 9.85. The van der Waals surface area contributed by atoms with Crippen LogP contribution in [0.3, 0.4) is 0 Å². The minimum absolute atomic E-state index is 0.0580. The molecule has 29 heavy (non-hydrogen) atoms. The lowest BCUT2D eigenvalue weighted by Gasteiger charge is -2.10. The Morgan fingerprint density at radius 2 is 2.07 bits per heavy atom. The van der Waals surface area contributed by atoms with Crippen molar-refractivity contribution in [1.82, 2.24) is 14.6 Å². The predicted molar refractivity (Wildman–Crippen MR) is 109 cm³/mol. The van der Waals surface area contributed by atoms with Gasteiger partial charge in [0.05, 0.1) is 0 Å². The zero-order chi connectivity index (χ0) is 21.4. The highest BCUT2D eigenvalue weighted by molar-refractivity contribution is 7.11. The fraction of sp³-hybridized carbons (Fsp3) is 0.421. The van der Waals surface area contributed by atoms with Crippen molar-refractivity contribution in [1.29, 1.82) is 0 Å². The van der Waals surface area contributed by atoms with Gasteiger partial charge in [0.15, 0.2) is 5.56 Å². The van der Waals surface area contributed by atoms with Gasteiger partial charge in [0.2, 0.25) is 5.88 Å². The lowest BCUT2D eigenvalue weighted by molar-refractivity contribution is 0.0693. The second-order valence-electron chi connectivity index (χ2n) is 6.77. The monoisotopic (exact) mass is 424 g/mol. The van der Waals surface area contributed by atoms with E-state index >= 15 is 0 Å². The Morgan fingerprint density at radius 3 is 2.72 bits per heavy atom. The summed E-state index contributed by atoms with van der Waals surface area (Å²) in [5.41, 5.74) is 0.792. The van der Waals surface area contributed by atoms with Crippen molar-refractivity contribution >= 4 is 28.5 Å². The molecule has 3 N–H and O–H groups in total. The van der Waals surface area contributed by atoms with E-state index in [1.807, 2.05) is 14.1 Å². The minimum Gasteiger partial charge on any atom is -0.477 e. The molecule has 1 aromatic carbocycles. The molecule has 1 aromatic heterocycles. The highest BCUT2D eigenvalue weighted by atomic mass is 32.1. The normalized spacial score (nSPS) is 10.8. The number of amides is 2. The van der Waals surface area contributed by atoms with Crippen LogP contribution in [-0.4, -0.2) is 53.6 Å². The number of aryl methyl sites for hydroxylation is 1. The number of hydrogen-bond donors (Lipinski definition) is 3. The van der Waals surface area contributed by atoms with Crippen LogP contribution in [-0.2, 0) is 6.61 Å². The van der Waals surface area contributed by atoms with E-state index in [1.54, 1.807) is 19.1 Å². The molecule has 2 amide bonds. The van der Waals surface area contributed by atoms with Crippen LogP contribution in [0.15, 0.2) is 18.2 Å². The third-order valence-electron chi connectivity index (χ3n) is 3.99. The fourth-order valence-electron chi connectivity index (χ4n) is 2.47. The first-order valence-electron chi connectivity index (χ1n) is 9.08. The van der Waals surface area contributed by atoms with Gasteiger partial charge in [-0.3, -0.25) is 5.32 Å². The summed E-state index contributed by atoms with van der Waals surface area (Å²) >= 11 is 0.794. The molecule has 0 aliphatic heterocycles. The number of rotatable bonds is 10. The number of ether oxygens (including phenoxy) is 1. The van der Waals surface area contributed by atoms with Gasteiger partial charge in [0.1, 0.15) is 17.4 Å². The SMILES string of the molecule is Cc1ccc(COc2nsc(NC(=O)NCCCCN(C)C)c2C(=O)O)c(F)c1. The number of hydrogen-bond acceptors (Lipinski definition) is 6. The molecule has 0 radical (unpaired) electrons. The maximum Gasteiger partial charge on any atom is 0.344 e. The molecule has 8 nitrogen and oxygen atoms in total. The van der Waals surface area contributed by atoms with Gasteiger partial charge in [-0.1, -0.05) is 12.1 Å². The molecule has 158 valence electrons. The topological polar surface area (TPSA) is 104 Å². The zero-order valence-corrected chi connectivity index (χ0v) is 17.4. The first-order chi connectivity index (χ1) is 13.8. The van der Waals surface area contributed by atoms with Crippen molar-refractivity contribution in [3.8, 4) is 5.88 Å². The van der Waals surface area contributed by atoms with E-state index in [0.29, 0.717) is 6.54 Å². The number of carboxylic acids is 1. The van der Waals surface area contributed by atoms with E-state index < -0.39 is 17.8 Å². The van der Waals surface area contributed by atoms with Gasteiger partial charge < -0.3 is 20.1 Å². The lowest BCUT2D eigenvalue weighted by atomic mass is 10.1. The summed E-state index contributed by atoms with van der Waals surface area (Å²) in [6, 6.07) is 4.15. The summed E-state index contributed by atoms with van der Waals surface area (Å²) in [5.74, 6) is -1.90. The van der Waals surface area contributed by atoms with E-state index in [1.165, 1.54) is 6.07 Å². The fourth-order valence-corrected chi connectivity index (χ4v) is 3.19. The number of urea groups is 1. The van der Waals surface area contributed by atoms with Crippen LogP contribution in [0.1, 0.15) is 34.3 Å². The average molecular weight is 424 g/mol. The second-order valence-corrected chi connectivity index (χ2v) is 7.55. The van der Waals surface area contributed by atoms with E-state index in [2.05, 4.69) is 19.9 Å². The van der Waals surface area contributed by atoms with E-state index in [9.17, 15) is 19.1 Å². The maximum atomic E-state index is 13.9. The molecule has 0 bridgehead atoms. The Morgan fingerprint density at radius 1 is 1.31 bits per heavy atom. The van der Waals surface area contributed by atoms with Gasteiger partial charge in [-0.25, -0.2) is 14.0 Å². The number of aromatic carboxylic acids is 1. The highest BCUT2D eigenvalue weighted by Crippen LogP contribution is 2.31. The van der Waals surface area contributed by atoms with Gasteiger partial charge in [0, 0.05) is 12.1 Å². The number of nitrogens with one attached hydrogen (secondary N) is 2. The highest BCUT2D eigenvalue weighted by Gasteiger charge is 2.23. The molecule has 10 heteroatoms. The molecule has 0 atom stereocenters. The van der Waals surface area contributed by atoms with Crippen LogP contribution in [0, 0.1) is 12.7 Å². The molecule has 0 aliphatic rings. The molecule has 0 aliphatic carbocycles. The summed E-state index contributed by atoms with van der Waals surface area (Å²) in [5, 5.41) is 14.7. The Labute approximate surface area is 172 Å². The number of aromatic nitrogens is 1. The van der Waals surface area contributed by atoms with Crippen LogP contribution >= 0.6 is 11.5 Å². The predicted octanol–water partition coefficient (Wildman–Crippen LogP) is 3.33. The number of nitrogens with zero attached hydrogens (tertiary/aromatic N) is 2. The summed E-state index contributed by atoms with van der Waals surface area (Å²) in [6.45, 7) is 2.98. The molecule has 2 aromatic rings. The summed E-state index contributed by atoms with van der Waals surface area (Å²) in [7, 11) is 3.95. The van der Waals surface area contributed by atoms with Gasteiger partial charge in [-0.15, -0.1) is 0 Å². The summed E-state index contributed by atoms with van der Waals surface area (Å²) in [6.07, 6.45) is 1.73. The molecule has 0 spiro atoms. The van der Waals surface area contributed by atoms with Gasteiger partial charge in [-0.05, 0) is 63.6 Å². The van der Waals surface area contributed by atoms with Crippen LogP contribution < -0.4 is 15.4 Å². The van der Waals surface area contributed by atoms with E-state index in [0.717, 1.165) is 36.5 Å².